The van der Waals surface area contributed by atoms with Crippen LogP contribution in [0.3, 0.4) is 0 Å². The van der Waals surface area contributed by atoms with Gasteiger partial charge in [0, 0.05) is 5.02 Å². The van der Waals surface area contributed by atoms with Gasteiger partial charge in [-0.2, -0.15) is 5.10 Å². The number of aromatic nitrogens is 2. The molecule has 0 saturated carbocycles. The van der Waals surface area contributed by atoms with E-state index in [1.807, 2.05) is 0 Å². The number of hydrogen-bond acceptors (Lipinski definition) is 5. The lowest BCUT2D eigenvalue weighted by Gasteiger charge is -2.05. The predicted molar refractivity (Wildman–Crippen MR) is 75.4 cm³/mol. The number of nitro groups is 1. The molecule has 1 heterocycles. The molecule has 21 heavy (non-hydrogen) atoms. The highest BCUT2D eigenvalue weighted by molar-refractivity contribution is 6.30. The van der Waals surface area contributed by atoms with Gasteiger partial charge in [-0.25, -0.2) is 4.79 Å². The van der Waals surface area contributed by atoms with Crippen LogP contribution in [0.25, 0.3) is 0 Å². The summed E-state index contributed by atoms with van der Waals surface area (Å²) in [7, 11) is 0. The number of rotatable bonds is 4. The Kier molecular flexibility index (Phi) is 4.23. The van der Waals surface area contributed by atoms with Gasteiger partial charge in [-0.05, 0) is 32.0 Å². The lowest BCUT2D eigenvalue weighted by atomic mass is 10.3. The molecule has 0 radical (unpaired) electrons. The summed E-state index contributed by atoms with van der Waals surface area (Å²) in [5.41, 5.74) is 0.471. The maximum atomic E-state index is 11.8. The molecule has 0 N–H and O–H groups in total. The van der Waals surface area contributed by atoms with Crippen molar-refractivity contribution in [1.29, 1.82) is 0 Å². The minimum Gasteiger partial charge on any atom is -0.425 e. The van der Waals surface area contributed by atoms with Crippen LogP contribution in [0.15, 0.2) is 24.3 Å². The first-order valence-electron chi connectivity index (χ1n) is 6.03. The van der Waals surface area contributed by atoms with Gasteiger partial charge in [0.15, 0.2) is 0 Å². The summed E-state index contributed by atoms with van der Waals surface area (Å²) in [5.74, 6) is -0.277. The zero-order chi connectivity index (χ0) is 15.6. The average molecular weight is 310 g/mol. The SMILES string of the molecule is Cc1nn(CC(=O)Oc2cccc(Cl)c2)c(C)c1[N+](=O)[O-]. The molecule has 2 rings (SSSR count). The first-order valence-corrected chi connectivity index (χ1v) is 6.41. The third kappa shape index (κ3) is 3.38. The van der Waals surface area contributed by atoms with Crippen LogP contribution in [-0.2, 0) is 11.3 Å². The second-order valence-electron chi connectivity index (χ2n) is 4.37. The summed E-state index contributed by atoms with van der Waals surface area (Å²) in [4.78, 5) is 22.2. The third-order valence-electron chi connectivity index (χ3n) is 2.83. The Morgan fingerprint density at radius 3 is 2.76 bits per heavy atom. The van der Waals surface area contributed by atoms with Crippen molar-refractivity contribution in [2.75, 3.05) is 0 Å². The van der Waals surface area contributed by atoms with Gasteiger partial charge >= 0.3 is 11.7 Å². The van der Waals surface area contributed by atoms with Gasteiger partial charge in [0.25, 0.3) is 0 Å². The zero-order valence-corrected chi connectivity index (χ0v) is 12.1. The molecule has 2 aromatic rings. The first kappa shape index (κ1) is 15.0. The van der Waals surface area contributed by atoms with Crippen LogP contribution in [0.5, 0.6) is 5.75 Å². The topological polar surface area (TPSA) is 87.3 Å². The molecule has 0 unspecified atom stereocenters. The molecule has 0 amide bonds. The summed E-state index contributed by atoms with van der Waals surface area (Å²) in [6, 6.07) is 6.40. The molecule has 0 aliphatic heterocycles. The Morgan fingerprint density at radius 1 is 1.48 bits per heavy atom. The van der Waals surface area contributed by atoms with Gasteiger partial charge in [-0.1, -0.05) is 17.7 Å². The number of carbonyl (C=O) groups excluding carboxylic acids is 1. The quantitative estimate of drug-likeness (QED) is 0.375. The van der Waals surface area contributed by atoms with Crippen LogP contribution in [0.2, 0.25) is 5.02 Å². The lowest BCUT2D eigenvalue weighted by Crippen LogP contribution is -2.18. The molecule has 0 atom stereocenters. The largest absolute Gasteiger partial charge is 0.425 e. The Hall–Kier alpha value is -2.41. The average Bonchev–Trinajstić information content (AvgIpc) is 2.64. The molecule has 0 spiro atoms. The summed E-state index contributed by atoms with van der Waals surface area (Å²) < 4.78 is 6.36. The van der Waals surface area contributed by atoms with Crippen molar-refractivity contribution >= 4 is 23.3 Å². The van der Waals surface area contributed by atoms with Crippen LogP contribution in [-0.4, -0.2) is 20.7 Å². The Morgan fingerprint density at radius 2 is 2.19 bits per heavy atom. The van der Waals surface area contributed by atoms with E-state index in [1.165, 1.54) is 24.6 Å². The van der Waals surface area contributed by atoms with Crippen molar-refractivity contribution < 1.29 is 14.5 Å². The van der Waals surface area contributed by atoms with Crippen molar-refractivity contribution in [3.05, 3.63) is 50.8 Å². The summed E-state index contributed by atoms with van der Waals surface area (Å²) in [6.07, 6.45) is 0. The molecule has 0 bridgehead atoms. The third-order valence-corrected chi connectivity index (χ3v) is 3.07. The summed E-state index contributed by atoms with van der Waals surface area (Å²) in [6.45, 7) is 2.84. The lowest BCUT2D eigenvalue weighted by molar-refractivity contribution is -0.386. The number of ether oxygens (including phenoxy) is 1. The molecule has 1 aromatic carbocycles. The molecule has 0 aliphatic carbocycles. The molecule has 0 aliphatic rings. The highest BCUT2D eigenvalue weighted by atomic mass is 35.5. The normalized spacial score (nSPS) is 10.4. The predicted octanol–water partition coefficient (Wildman–Crippen LogP) is 2.67. The van der Waals surface area contributed by atoms with Gasteiger partial charge in [-0.3, -0.25) is 14.8 Å². The smallest absolute Gasteiger partial charge is 0.333 e. The number of carbonyl (C=O) groups is 1. The maximum absolute atomic E-state index is 11.8. The van der Waals surface area contributed by atoms with Crippen LogP contribution in [0, 0.1) is 24.0 Å². The number of hydrogen-bond donors (Lipinski definition) is 0. The van der Waals surface area contributed by atoms with Crippen molar-refractivity contribution in [3.63, 3.8) is 0 Å². The van der Waals surface area contributed by atoms with E-state index < -0.39 is 10.9 Å². The number of esters is 1. The number of benzene rings is 1. The fourth-order valence-corrected chi connectivity index (χ4v) is 2.10. The number of halogens is 1. The van der Waals surface area contributed by atoms with Crippen LogP contribution < -0.4 is 4.74 Å². The van der Waals surface area contributed by atoms with Crippen molar-refractivity contribution in [2.45, 2.75) is 20.4 Å². The van der Waals surface area contributed by atoms with E-state index in [0.29, 0.717) is 16.5 Å². The standard InChI is InChI=1S/C13H12ClN3O4/c1-8-13(17(19)20)9(2)16(15-8)7-12(18)21-11-5-3-4-10(14)6-11/h3-6H,7H2,1-2H3. The minimum atomic E-state index is -0.585. The molecule has 0 fully saturated rings. The Bertz CT molecular complexity index is 711. The second-order valence-corrected chi connectivity index (χ2v) is 4.80. The van der Waals surface area contributed by atoms with Gasteiger partial charge in [-0.15, -0.1) is 0 Å². The van der Waals surface area contributed by atoms with Crippen LogP contribution >= 0.6 is 11.6 Å². The maximum Gasteiger partial charge on any atom is 0.333 e. The Balaban J connectivity index is 2.13. The van der Waals surface area contributed by atoms with Gasteiger partial charge < -0.3 is 4.74 Å². The highest BCUT2D eigenvalue weighted by Gasteiger charge is 2.23. The first-order chi connectivity index (χ1) is 9.88. The molecule has 0 saturated heterocycles. The van der Waals surface area contributed by atoms with Crippen molar-refractivity contribution in [2.24, 2.45) is 0 Å². The van der Waals surface area contributed by atoms with Gasteiger partial charge in [0.2, 0.25) is 0 Å². The highest BCUT2D eigenvalue weighted by Crippen LogP contribution is 2.22. The second kappa shape index (κ2) is 5.92. The van der Waals surface area contributed by atoms with Crippen molar-refractivity contribution in [1.82, 2.24) is 9.78 Å². The number of nitrogens with zero attached hydrogens (tertiary/aromatic N) is 3. The van der Waals surface area contributed by atoms with Crippen LogP contribution in [0.1, 0.15) is 11.4 Å². The molecule has 110 valence electrons. The molecule has 1 aromatic heterocycles. The van der Waals surface area contributed by atoms with Gasteiger partial charge in [0.1, 0.15) is 23.7 Å². The fraction of sp³-hybridized carbons (Fsp3) is 0.231. The van der Waals surface area contributed by atoms with E-state index in [1.54, 1.807) is 18.2 Å². The fourth-order valence-electron chi connectivity index (χ4n) is 1.92. The summed E-state index contributed by atoms with van der Waals surface area (Å²) in [5, 5.41) is 15.3. The molecular formula is C13H12ClN3O4. The molecule has 8 heteroatoms. The monoisotopic (exact) mass is 309 g/mol. The summed E-state index contributed by atoms with van der Waals surface area (Å²) >= 11 is 5.79. The van der Waals surface area contributed by atoms with Crippen LogP contribution in [0.4, 0.5) is 5.69 Å². The number of aryl methyl sites for hydroxylation is 1. The van der Waals surface area contributed by atoms with E-state index in [0.717, 1.165) is 0 Å². The van der Waals surface area contributed by atoms with Gasteiger partial charge in [0.05, 0.1) is 4.92 Å². The molecule has 7 nitrogen and oxygen atoms in total. The van der Waals surface area contributed by atoms with E-state index in [-0.39, 0.29) is 17.9 Å². The Labute approximate surface area is 125 Å². The zero-order valence-electron chi connectivity index (χ0n) is 11.4. The van der Waals surface area contributed by atoms with E-state index in [2.05, 4.69) is 5.10 Å². The van der Waals surface area contributed by atoms with E-state index in [4.69, 9.17) is 16.3 Å². The minimum absolute atomic E-state index is 0.0921. The van der Waals surface area contributed by atoms with E-state index in [9.17, 15) is 14.9 Å². The molecular weight excluding hydrogens is 298 g/mol. The van der Waals surface area contributed by atoms with E-state index >= 15 is 0 Å². The van der Waals surface area contributed by atoms with Crippen molar-refractivity contribution in [3.8, 4) is 5.75 Å².